The quantitative estimate of drug-likeness (QED) is 0.873. The molecule has 4 nitrogen and oxygen atoms in total. The molecule has 0 amide bonds. The van der Waals surface area contributed by atoms with E-state index in [2.05, 4.69) is 9.97 Å². The molecule has 88 valence electrons. The highest BCUT2D eigenvalue weighted by molar-refractivity contribution is 5.64. The van der Waals surface area contributed by atoms with Crippen LogP contribution in [0.25, 0.3) is 11.3 Å². The Morgan fingerprint density at radius 1 is 1.24 bits per heavy atom. The number of nitrogens with zero attached hydrogens (tertiary/aromatic N) is 2. The van der Waals surface area contributed by atoms with Gasteiger partial charge < -0.3 is 10.5 Å². The van der Waals surface area contributed by atoms with Gasteiger partial charge in [-0.3, -0.25) is 0 Å². The fourth-order valence-electron chi connectivity index (χ4n) is 1.72. The van der Waals surface area contributed by atoms with E-state index < -0.39 is 0 Å². The van der Waals surface area contributed by atoms with E-state index in [0.29, 0.717) is 12.6 Å². The average Bonchev–Trinajstić information content (AvgIpc) is 2.37. The average molecular weight is 229 g/mol. The van der Waals surface area contributed by atoms with Crippen molar-refractivity contribution in [2.45, 2.75) is 13.5 Å². The van der Waals surface area contributed by atoms with Crippen LogP contribution in [0.15, 0.2) is 30.3 Å². The van der Waals surface area contributed by atoms with E-state index in [1.54, 1.807) is 7.11 Å². The Kier molecular flexibility index (Phi) is 3.35. The third-order valence-electron chi connectivity index (χ3n) is 2.53. The standard InChI is InChI=1S/C13H15N3O/c1-9-7-12(16-13(15-9)17-2)11-6-4-3-5-10(11)8-14/h3-7H,8,14H2,1-2H3. The fourth-order valence-corrected chi connectivity index (χ4v) is 1.72. The van der Waals surface area contributed by atoms with Gasteiger partial charge in [0, 0.05) is 17.8 Å². The van der Waals surface area contributed by atoms with Gasteiger partial charge in [-0.15, -0.1) is 0 Å². The van der Waals surface area contributed by atoms with Gasteiger partial charge in [0.25, 0.3) is 0 Å². The van der Waals surface area contributed by atoms with Gasteiger partial charge in [-0.25, -0.2) is 4.98 Å². The van der Waals surface area contributed by atoms with Crippen molar-refractivity contribution in [3.05, 3.63) is 41.6 Å². The fraction of sp³-hybridized carbons (Fsp3) is 0.231. The number of benzene rings is 1. The molecule has 0 bridgehead atoms. The lowest BCUT2D eigenvalue weighted by Crippen LogP contribution is -2.01. The van der Waals surface area contributed by atoms with Crippen LogP contribution in [0.2, 0.25) is 0 Å². The summed E-state index contributed by atoms with van der Waals surface area (Å²) in [4.78, 5) is 8.51. The smallest absolute Gasteiger partial charge is 0.316 e. The second kappa shape index (κ2) is 4.93. The summed E-state index contributed by atoms with van der Waals surface area (Å²) in [6.45, 7) is 2.40. The van der Waals surface area contributed by atoms with Gasteiger partial charge in [-0.1, -0.05) is 24.3 Å². The predicted molar refractivity (Wildman–Crippen MR) is 66.6 cm³/mol. The second-order valence-corrected chi connectivity index (χ2v) is 3.74. The van der Waals surface area contributed by atoms with Crippen LogP contribution in [-0.2, 0) is 6.54 Å². The molecule has 1 aromatic heterocycles. The van der Waals surface area contributed by atoms with Crippen molar-refractivity contribution in [3.8, 4) is 17.3 Å². The first-order valence-corrected chi connectivity index (χ1v) is 5.42. The lowest BCUT2D eigenvalue weighted by Gasteiger charge is -2.08. The summed E-state index contributed by atoms with van der Waals surface area (Å²) in [5.74, 6) is 0. The van der Waals surface area contributed by atoms with E-state index >= 15 is 0 Å². The number of hydrogen-bond acceptors (Lipinski definition) is 4. The summed E-state index contributed by atoms with van der Waals surface area (Å²) < 4.78 is 5.08. The van der Waals surface area contributed by atoms with Gasteiger partial charge in [-0.05, 0) is 18.6 Å². The van der Waals surface area contributed by atoms with Crippen LogP contribution in [0.5, 0.6) is 6.01 Å². The number of nitrogens with two attached hydrogens (primary N) is 1. The SMILES string of the molecule is COc1nc(C)cc(-c2ccccc2CN)n1. The maximum absolute atomic E-state index is 5.72. The van der Waals surface area contributed by atoms with Gasteiger partial charge >= 0.3 is 6.01 Å². The topological polar surface area (TPSA) is 61.0 Å². The molecular weight excluding hydrogens is 214 g/mol. The number of hydrogen-bond donors (Lipinski definition) is 1. The Morgan fingerprint density at radius 3 is 2.71 bits per heavy atom. The Morgan fingerprint density at radius 2 is 2.00 bits per heavy atom. The zero-order chi connectivity index (χ0) is 12.3. The summed E-state index contributed by atoms with van der Waals surface area (Å²) in [5.41, 5.74) is 9.53. The minimum absolute atomic E-state index is 0.381. The normalized spacial score (nSPS) is 10.3. The van der Waals surface area contributed by atoms with Crippen molar-refractivity contribution in [1.29, 1.82) is 0 Å². The molecule has 0 aliphatic carbocycles. The maximum Gasteiger partial charge on any atom is 0.316 e. The third kappa shape index (κ3) is 2.42. The first-order valence-electron chi connectivity index (χ1n) is 5.42. The number of rotatable bonds is 3. The third-order valence-corrected chi connectivity index (χ3v) is 2.53. The molecule has 0 saturated carbocycles. The minimum atomic E-state index is 0.381. The van der Waals surface area contributed by atoms with E-state index in [1.807, 2.05) is 37.3 Å². The van der Waals surface area contributed by atoms with Crippen LogP contribution in [-0.4, -0.2) is 17.1 Å². The van der Waals surface area contributed by atoms with Crippen LogP contribution >= 0.6 is 0 Å². The zero-order valence-electron chi connectivity index (χ0n) is 9.97. The molecule has 2 rings (SSSR count). The highest BCUT2D eigenvalue weighted by Gasteiger charge is 2.07. The van der Waals surface area contributed by atoms with Gasteiger partial charge in [0.05, 0.1) is 12.8 Å². The van der Waals surface area contributed by atoms with Crippen LogP contribution in [0.4, 0.5) is 0 Å². The van der Waals surface area contributed by atoms with Gasteiger partial charge in [0.15, 0.2) is 0 Å². The Labute approximate surface area is 100 Å². The number of ether oxygens (including phenoxy) is 1. The van der Waals surface area contributed by atoms with E-state index in [9.17, 15) is 0 Å². The first kappa shape index (κ1) is 11.5. The lowest BCUT2D eigenvalue weighted by molar-refractivity contribution is 0.379. The molecule has 0 saturated heterocycles. The van der Waals surface area contributed by atoms with Gasteiger partial charge in [-0.2, -0.15) is 4.98 Å². The number of methoxy groups -OCH3 is 1. The van der Waals surface area contributed by atoms with Crippen LogP contribution in [0, 0.1) is 6.92 Å². The van der Waals surface area contributed by atoms with Crippen LogP contribution in [0.3, 0.4) is 0 Å². The van der Waals surface area contributed by atoms with E-state index in [-0.39, 0.29) is 0 Å². The van der Waals surface area contributed by atoms with Gasteiger partial charge in [0.2, 0.25) is 0 Å². The molecule has 2 aromatic rings. The van der Waals surface area contributed by atoms with Gasteiger partial charge in [0.1, 0.15) is 0 Å². The Hall–Kier alpha value is -1.94. The maximum atomic E-state index is 5.72. The zero-order valence-corrected chi connectivity index (χ0v) is 9.97. The minimum Gasteiger partial charge on any atom is -0.467 e. The van der Waals surface area contributed by atoms with Crippen molar-refractivity contribution in [2.24, 2.45) is 5.73 Å². The predicted octanol–water partition coefficient (Wildman–Crippen LogP) is 1.92. The molecule has 0 radical (unpaired) electrons. The summed E-state index contributed by atoms with van der Waals surface area (Å²) in [6.07, 6.45) is 0. The second-order valence-electron chi connectivity index (χ2n) is 3.74. The molecule has 0 spiro atoms. The Bertz CT molecular complexity index is 526. The number of aromatic nitrogens is 2. The van der Waals surface area contributed by atoms with E-state index in [0.717, 1.165) is 22.5 Å². The molecule has 0 atom stereocenters. The highest BCUT2D eigenvalue weighted by atomic mass is 16.5. The lowest BCUT2D eigenvalue weighted by atomic mass is 10.0. The molecule has 0 unspecified atom stereocenters. The van der Waals surface area contributed by atoms with Crippen molar-refractivity contribution in [1.82, 2.24) is 9.97 Å². The monoisotopic (exact) mass is 229 g/mol. The highest BCUT2D eigenvalue weighted by Crippen LogP contribution is 2.23. The molecule has 17 heavy (non-hydrogen) atoms. The largest absolute Gasteiger partial charge is 0.467 e. The van der Waals surface area contributed by atoms with Crippen molar-refractivity contribution < 1.29 is 4.74 Å². The summed E-state index contributed by atoms with van der Waals surface area (Å²) in [5, 5.41) is 0. The molecule has 0 aliphatic heterocycles. The summed E-state index contributed by atoms with van der Waals surface area (Å²) in [7, 11) is 1.56. The van der Waals surface area contributed by atoms with E-state index in [1.165, 1.54) is 0 Å². The molecule has 1 heterocycles. The molecule has 2 N–H and O–H groups in total. The van der Waals surface area contributed by atoms with Crippen molar-refractivity contribution in [3.63, 3.8) is 0 Å². The molecular formula is C13H15N3O. The summed E-state index contributed by atoms with van der Waals surface area (Å²) >= 11 is 0. The molecule has 1 aromatic carbocycles. The molecule has 4 heteroatoms. The van der Waals surface area contributed by atoms with Crippen LogP contribution in [0.1, 0.15) is 11.3 Å². The van der Waals surface area contributed by atoms with Crippen molar-refractivity contribution in [2.75, 3.05) is 7.11 Å². The molecule has 0 fully saturated rings. The number of aryl methyl sites for hydroxylation is 1. The van der Waals surface area contributed by atoms with E-state index in [4.69, 9.17) is 10.5 Å². The summed E-state index contributed by atoms with van der Waals surface area (Å²) in [6, 6.07) is 10.3. The molecule has 0 aliphatic rings. The van der Waals surface area contributed by atoms with Crippen LogP contribution < -0.4 is 10.5 Å². The van der Waals surface area contributed by atoms with Crippen molar-refractivity contribution >= 4 is 0 Å². The first-order chi connectivity index (χ1) is 8.24. The Balaban J connectivity index is 2.55.